The van der Waals surface area contributed by atoms with E-state index in [0.717, 1.165) is 5.56 Å². The highest BCUT2D eigenvalue weighted by Gasteiger charge is 2.33. The van der Waals surface area contributed by atoms with E-state index in [2.05, 4.69) is 10.6 Å². The molecular weight excluding hydrogens is 512 g/mol. The van der Waals surface area contributed by atoms with Crippen molar-refractivity contribution >= 4 is 46.5 Å². The van der Waals surface area contributed by atoms with E-state index in [0.29, 0.717) is 34.3 Å². The van der Waals surface area contributed by atoms with Gasteiger partial charge in [-0.2, -0.15) is 0 Å². The molecule has 1 heterocycles. The number of amides is 4. The second kappa shape index (κ2) is 11.7. The Morgan fingerprint density at radius 1 is 0.816 bits per heavy atom. The molecule has 0 saturated heterocycles. The molecule has 0 spiro atoms. The van der Waals surface area contributed by atoms with Crippen LogP contribution in [0.3, 0.4) is 0 Å². The number of urea groups is 1. The molecule has 0 aliphatic carbocycles. The summed E-state index contributed by atoms with van der Waals surface area (Å²) < 4.78 is 15.8. The minimum Gasteiger partial charge on any atom is -0.495 e. The first-order valence-electron chi connectivity index (χ1n) is 11.6. The number of ether oxygens (including phenoxy) is 3. The monoisotopic (exact) mass is 538 g/mol. The van der Waals surface area contributed by atoms with Crippen LogP contribution in [0.2, 0.25) is 5.02 Å². The third kappa shape index (κ3) is 5.76. The molecule has 4 rings (SSSR count). The summed E-state index contributed by atoms with van der Waals surface area (Å²) >= 11 is 6.22. The van der Waals surface area contributed by atoms with E-state index in [-0.39, 0.29) is 24.7 Å². The van der Waals surface area contributed by atoms with E-state index in [9.17, 15) is 14.4 Å². The molecule has 3 aromatic carbocycles. The lowest BCUT2D eigenvalue weighted by Crippen LogP contribution is -2.51. The van der Waals surface area contributed by atoms with Gasteiger partial charge in [-0.05, 0) is 29.8 Å². The minimum atomic E-state index is -0.479. The first-order chi connectivity index (χ1) is 18.3. The molecule has 0 aromatic heterocycles. The fraction of sp³-hybridized carbons (Fsp3) is 0.222. The fourth-order valence-electron chi connectivity index (χ4n) is 4.13. The van der Waals surface area contributed by atoms with Crippen LogP contribution in [0.25, 0.3) is 0 Å². The highest BCUT2D eigenvalue weighted by Crippen LogP contribution is 2.36. The van der Waals surface area contributed by atoms with Crippen LogP contribution in [0, 0.1) is 0 Å². The maximum absolute atomic E-state index is 13.5. The Labute approximate surface area is 225 Å². The van der Waals surface area contributed by atoms with Crippen molar-refractivity contribution < 1.29 is 28.6 Å². The van der Waals surface area contributed by atoms with Crippen molar-refractivity contribution in [3.8, 4) is 17.2 Å². The van der Waals surface area contributed by atoms with E-state index in [4.69, 9.17) is 25.8 Å². The van der Waals surface area contributed by atoms with Gasteiger partial charge in [-0.3, -0.25) is 14.5 Å². The van der Waals surface area contributed by atoms with Gasteiger partial charge in [-0.25, -0.2) is 4.79 Å². The van der Waals surface area contributed by atoms with Crippen LogP contribution in [0.15, 0.2) is 60.7 Å². The van der Waals surface area contributed by atoms with Crippen molar-refractivity contribution in [2.24, 2.45) is 0 Å². The molecule has 10 nitrogen and oxygen atoms in total. The Morgan fingerprint density at radius 3 is 2.18 bits per heavy atom. The van der Waals surface area contributed by atoms with Crippen LogP contribution in [0.1, 0.15) is 5.56 Å². The molecule has 4 amide bonds. The Hall–Kier alpha value is -4.44. The molecule has 38 heavy (non-hydrogen) atoms. The maximum Gasteiger partial charge on any atom is 0.325 e. The van der Waals surface area contributed by atoms with Gasteiger partial charge in [0.2, 0.25) is 11.8 Å². The maximum atomic E-state index is 13.5. The quantitative estimate of drug-likeness (QED) is 0.418. The minimum absolute atomic E-state index is 0.217. The first-order valence-corrected chi connectivity index (χ1v) is 12.0. The number of hydrogen-bond donors (Lipinski definition) is 2. The van der Waals surface area contributed by atoms with Crippen molar-refractivity contribution in [3.63, 3.8) is 0 Å². The number of anilines is 3. The number of rotatable bonds is 9. The van der Waals surface area contributed by atoms with Gasteiger partial charge < -0.3 is 29.7 Å². The molecule has 1 aliphatic rings. The summed E-state index contributed by atoms with van der Waals surface area (Å²) in [6.07, 6.45) is 0. The topological polar surface area (TPSA) is 109 Å². The zero-order valence-electron chi connectivity index (χ0n) is 21.1. The summed E-state index contributed by atoms with van der Waals surface area (Å²) in [5.41, 5.74) is 2.21. The van der Waals surface area contributed by atoms with E-state index in [1.165, 1.54) is 37.2 Å². The van der Waals surface area contributed by atoms with Crippen molar-refractivity contribution in [2.75, 3.05) is 50.0 Å². The number of nitrogens with zero attached hydrogens (tertiary/aromatic N) is 2. The van der Waals surface area contributed by atoms with Crippen LogP contribution in [0.5, 0.6) is 17.2 Å². The lowest BCUT2D eigenvalue weighted by Gasteiger charge is -2.36. The SMILES string of the molecule is COc1cc(OC)c(NC(=O)CN2C(=O)N(CC(=O)Nc3ccccc3OC)Cc3ccccc32)cc1Cl. The van der Waals surface area contributed by atoms with E-state index >= 15 is 0 Å². The largest absolute Gasteiger partial charge is 0.495 e. The van der Waals surface area contributed by atoms with Crippen LogP contribution in [-0.4, -0.2) is 57.2 Å². The summed E-state index contributed by atoms with van der Waals surface area (Å²) in [7, 11) is 4.44. The Balaban J connectivity index is 1.51. The van der Waals surface area contributed by atoms with Gasteiger partial charge in [0.1, 0.15) is 30.3 Å². The number of carbonyl (C=O) groups is 3. The predicted octanol–water partition coefficient (Wildman–Crippen LogP) is 4.39. The molecule has 0 fully saturated rings. The number of carbonyl (C=O) groups excluding carboxylic acids is 3. The predicted molar refractivity (Wildman–Crippen MR) is 144 cm³/mol. The lowest BCUT2D eigenvalue weighted by molar-refractivity contribution is -0.116. The van der Waals surface area contributed by atoms with Gasteiger partial charge in [0.25, 0.3) is 0 Å². The van der Waals surface area contributed by atoms with Gasteiger partial charge in [-0.1, -0.05) is 41.9 Å². The van der Waals surface area contributed by atoms with Crippen molar-refractivity contribution in [3.05, 3.63) is 71.2 Å². The number of halogens is 1. The lowest BCUT2D eigenvalue weighted by atomic mass is 10.1. The molecule has 0 saturated carbocycles. The summed E-state index contributed by atoms with van der Waals surface area (Å²) in [5, 5.41) is 5.81. The zero-order valence-corrected chi connectivity index (χ0v) is 21.9. The average Bonchev–Trinajstić information content (AvgIpc) is 2.91. The van der Waals surface area contributed by atoms with Crippen molar-refractivity contribution in [1.82, 2.24) is 4.90 Å². The Bertz CT molecular complexity index is 1370. The van der Waals surface area contributed by atoms with Gasteiger partial charge in [0, 0.05) is 6.07 Å². The zero-order chi connectivity index (χ0) is 27.2. The smallest absolute Gasteiger partial charge is 0.325 e. The Morgan fingerprint density at radius 2 is 1.45 bits per heavy atom. The van der Waals surface area contributed by atoms with Gasteiger partial charge in [0.05, 0.1) is 50.0 Å². The Kier molecular flexibility index (Phi) is 8.22. The molecule has 0 radical (unpaired) electrons. The van der Waals surface area contributed by atoms with E-state index in [1.807, 2.05) is 12.1 Å². The standard InChI is InChI=1S/C27H27ClN4O6/c1-36-22-11-7-5-9-19(22)29-25(33)15-31-14-17-8-4-6-10-21(17)32(27(31)35)16-26(34)30-20-12-18(28)23(37-2)13-24(20)38-3/h4-13H,14-16H2,1-3H3,(H,29,33)(H,30,34). The summed E-state index contributed by atoms with van der Waals surface area (Å²) in [6.45, 7) is -0.299. The number of para-hydroxylation sites is 3. The van der Waals surface area contributed by atoms with Crippen LogP contribution < -0.4 is 29.7 Å². The molecule has 11 heteroatoms. The van der Waals surface area contributed by atoms with Crippen LogP contribution in [-0.2, 0) is 16.1 Å². The number of hydrogen-bond acceptors (Lipinski definition) is 6. The molecule has 3 aromatic rings. The fourth-order valence-corrected chi connectivity index (χ4v) is 4.37. The van der Waals surface area contributed by atoms with Crippen LogP contribution >= 0.6 is 11.6 Å². The molecule has 198 valence electrons. The first kappa shape index (κ1) is 26.6. The molecule has 0 atom stereocenters. The van der Waals surface area contributed by atoms with Gasteiger partial charge in [-0.15, -0.1) is 0 Å². The molecular formula is C27H27ClN4O6. The van der Waals surface area contributed by atoms with Gasteiger partial charge in [0.15, 0.2) is 0 Å². The summed E-state index contributed by atoms with van der Waals surface area (Å²) in [5.74, 6) is 0.365. The second-order valence-electron chi connectivity index (χ2n) is 8.34. The molecule has 0 bridgehead atoms. The van der Waals surface area contributed by atoms with Crippen molar-refractivity contribution in [1.29, 1.82) is 0 Å². The van der Waals surface area contributed by atoms with E-state index < -0.39 is 17.8 Å². The number of benzene rings is 3. The number of fused-ring (bicyclic) bond motifs is 1. The molecule has 2 N–H and O–H groups in total. The van der Waals surface area contributed by atoms with Crippen LogP contribution in [0.4, 0.5) is 21.9 Å². The molecule has 0 unspecified atom stereocenters. The third-order valence-corrected chi connectivity index (χ3v) is 6.21. The van der Waals surface area contributed by atoms with E-state index in [1.54, 1.807) is 42.5 Å². The highest BCUT2D eigenvalue weighted by atomic mass is 35.5. The number of nitrogens with one attached hydrogen (secondary N) is 2. The normalized spacial score (nSPS) is 12.5. The molecule has 1 aliphatic heterocycles. The average molecular weight is 539 g/mol. The second-order valence-corrected chi connectivity index (χ2v) is 8.74. The van der Waals surface area contributed by atoms with Gasteiger partial charge >= 0.3 is 6.03 Å². The van der Waals surface area contributed by atoms with Crippen molar-refractivity contribution in [2.45, 2.75) is 6.54 Å². The summed E-state index contributed by atoms with van der Waals surface area (Å²) in [4.78, 5) is 42.1. The number of methoxy groups -OCH3 is 3. The third-order valence-electron chi connectivity index (χ3n) is 5.91. The summed E-state index contributed by atoms with van der Waals surface area (Å²) in [6, 6.07) is 16.8. The highest BCUT2D eigenvalue weighted by molar-refractivity contribution is 6.32.